The van der Waals surface area contributed by atoms with Crippen molar-refractivity contribution in [2.75, 3.05) is 5.32 Å². The van der Waals surface area contributed by atoms with Gasteiger partial charge in [0.15, 0.2) is 0 Å². The number of fused-ring (bicyclic) bond motifs is 1. The molecule has 3 N–H and O–H groups in total. The third-order valence-corrected chi connectivity index (χ3v) is 3.12. The van der Waals surface area contributed by atoms with E-state index in [4.69, 9.17) is 5.73 Å². The second kappa shape index (κ2) is 5.08. The Morgan fingerprint density at radius 3 is 2.53 bits per heavy atom. The molecule has 0 radical (unpaired) electrons. The summed E-state index contributed by atoms with van der Waals surface area (Å²) in [6.45, 7) is 0.568. The number of aromatic nitrogens is 1. The summed E-state index contributed by atoms with van der Waals surface area (Å²) >= 11 is 0. The van der Waals surface area contributed by atoms with Crippen LogP contribution in [0.3, 0.4) is 0 Å². The van der Waals surface area contributed by atoms with Crippen molar-refractivity contribution >= 4 is 22.3 Å². The molecule has 2 aromatic carbocycles. The first-order valence-electron chi connectivity index (χ1n) is 6.26. The van der Waals surface area contributed by atoms with Gasteiger partial charge >= 0.3 is 0 Å². The molecule has 0 saturated heterocycles. The Labute approximate surface area is 112 Å². The van der Waals surface area contributed by atoms with Gasteiger partial charge in [0.25, 0.3) is 0 Å². The molecule has 3 nitrogen and oxygen atoms in total. The van der Waals surface area contributed by atoms with Gasteiger partial charge in [0.1, 0.15) is 0 Å². The molecule has 1 heterocycles. The molecule has 19 heavy (non-hydrogen) atoms. The normalized spacial score (nSPS) is 10.6. The van der Waals surface area contributed by atoms with Crippen LogP contribution in [-0.4, -0.2) is 4.98 Å². The number of benzene rings is 2. The van der Waals surface area contributed by atoms with Crippen LogP contribution in [0.15, 0.2) is 60.8 Å². The summed E-state index contributed by atoms with van der Waals surface area (Å²) in [7, 11) is 0. The molecular formula is C16H15N3. The van der Waals surface area contributed by atoms with Gasteiger partial charge in [-0.25, -0.2) is 0 Å². The number of pyridine rings is 1. The van der Waals surface area contributed by atoms with Crippen LogP contribution in [0.1, 0.15) is 5.56 Å². The molecule has 0 bridgehead atoms. The Morgan fingerprint density at radius 1 is 0.947 bits per heavy atom. The quantitative estimate of drug-likeness (QED) is 0.747. The topological polar surface area (TPSA) is 50.9 Å². The number of nitrogens with two attached hydrogens (primary N) is 1. The van der Waals surface area contributed by atoms with E-state index in [0.29, 0.717) is 6.54 Å². The van der Waals surface area contributed by atoms with Gasteiger partial charge < -0.3 is 11.1 Å². The molecule has 0 aliphatic rings. The number of nitrogens with one attached hydrogen (secondary N) is 1. The van der Waals surface area contributed by atoms with Crippen LogP contribution in [0.5, 0.6) is 0 Å². The van der Waals surface area contributed by atoms with Crippen LogP contribution in [0, 0.1) is 0 Å². The number of hydrogen-bond acceptors (Lipinski definition) is 3. The molecule has 0 unspecified atom stereocenters. The highest BCUT2D eigenvalue weighted by molar-refractivity contribution is 5.92. The monoisotopic (exact) mass is 249 g/mol. The Kier molecular flexibility index (Phi) is 3.12. The van der Waals surface area contributed by atoms with Gasteiger partial charge in [-0.1, -0.05) is 30.3 Å². The van der Waals surface area contributed by atoms with Gasteiger partial charge in [0.05, 0.1) is 5.52 Å². The first kappa shape index (κ1) is 11.7. The molecule has 0 fully saturated rings. The lowest BCUT2D eigenvalue weighted by atomic mass is 10.1. The van der Waals surface area contributed by atoms with Crippen molar-refractivity contribution in [3.63, 3.8) is 0 Å². The Balaban J connectivity index is 1.96. The smallest absolute Gasteiger partial charge is 0.0722 e. The molecule has 3 aromatic rings. The standard InChI is InChI=1S/C16H15N3/c17-11-12-5-7-13(8-6-12)19-16-9-10-18-15-4-2-1-3-14(15)16/h1-10H,11,17H2,(H,18,19). The summed E-state index contributed by atoms with van der Waals surface area (Å²) in [6, 6.07) is 18.2. The molecule has 0 saturated carbocycles. The number of hydrogen-bond donors (Lipinski definition) is 2. The van der Waals surface area contributed by atoms with Crippen LogP contribution < -0.4 is 11.1 Å². The van der Waals surface area contributed by atoms with E-state index < -0.39 is 0 Å². The van der Waals surface area contributed by atoms with Crippen molar-refractivity contribution in [2.24, 2.45) is 5.73 Å². The van der Waals surface area contributed by atoms with E-state index in [1.165, 1.54) is 0 Å². The van der Waals surface area contributed by atoms with Crippen molar-refractivity contribution in [1.82, 2.24) is 4.98 Å². The van der Waals surface area contributed by atoms with E-state index in [9.17, 15) is 0 Å². The van der Waals surface area contributed by atoms with Crippen molar-refractivity contribution < 1.29 is 0 Å². The van der Waals surface area contributed by atoms with Crippen LogP contribution >= 0.6 is 0 Å². The highest BCUT2D eigenvalue weighted by atomic mass is 14.9. The third kappa shape index (κ3) is 2.41. The molecular weight excluding hydrogens is 234 g/mol. The summed E-state index contributed by atoms with van der Waals surface area (Å²) < 4.78 is 0. The average molecular weight is 249 g/mol. The Hall–Kier alpha value is -2.39. The minimum absolute atomic E-state index is 0.568. The summed E-state index contributed by atoms with van der Waals surface area (Å²) in [5.41, 5.74) is 9.83. The molecule has 0 amide bonds. The first-order valence-corrected chi connectivity index (χ1v) is 6.26. The lowest BCUT2D eigenvalue weighted by Gasteiger charge is -2.09. The largest absolute Gasteiger partial charge is 0.355 e. The minimum atomic E-state index is 0.568. The Morgan fingerprint density at radius 2 is 1.74 bits per heavy atom. The SMILES string of the molecule is NCc1ccc(Nc2ccnc3ccccc23)cc1. The molecule has 94 valence electrons. The van der Waals surface area contributed by atoms with Crippen LogP contribution in [-0.2, 0) is 6.54 Å². The van der Waals surface area contributed by atoms with Gasteiger partial charge in [-0.2, -0.15) is 0 Å². The fourth-order valence-electron chi connectivity index (χ4n) is 2.08. The third-order valence-electron chi connectivity index (χ3n) is 3.12. The van der Waals surface area contributed by atoms with E-state index in [1.54, 1.807) is 0 Å². The molecule has 1 aromatic heterocycles. The molecule has 0 atom stereocenters. The first-order chi connectivity index (χ1) is 9.36. The molecule has 0 aliphatic heterocycles. The predicted molar refractivity (Wildman–Crippen MR) is 79.4 cm³/mol. The van der Waals surface area contributed by atoms with Crippen molar-refractivity contribution in [3.8, 4) is 0 Å². The number of anilines is 2. The van der Waals surface area contributed by atoms with Crippen LogP contribution in [0.2, 0.25) is 0 Å². The zero-order valence-electron chi connectivity index (χ0n) is 10.5. The molecule has 3 rings (SSSR count). The van der Waals surface area contributed by atoms with E-state index in [0.717, 1.165) is 27.8 Å². The minimum Gasteiger partial charge on any atom is -0.355 e. The van der Waals surface area contributed by atoms with E-state index in [-0.39, 0.29) is 0 Å². The fraction of sp³-hybridized carbons (Fsp3) is 0.0625. The lowest BCUT2D eigenvalue weighted by molar-refractivity contribution is 1.07. The van der Waals surface area contributed by atoms with Gasteiger partial charge in [0.2, 0.25) is 0 Å². The fourth-order valence-corrected chi connectivity index (χ4v) is 2.08. The number of nitrogens with zero attached hydrogens (tertiary/aromatic N) is 1. The molecule has 0 spiro atoms. The average Bonchev–Trinajstić information content (AvgIpc) is 2.48. The maximum atomic E-state index is 5.60. The van der Waals surface area contributed by atoms with Gasteiger partial charge in [-0.3, -0.25) is 4.98 Å². The maximum absolute atomic E-state index is 5.60. The van der Waals surface area contributed by atoms with Gasteiger partial charge in [-0.05, 0) is 29.8 Å². The summed E-state index contributed by atoms with van der Waals surface area (Å²) in [5.74, 6) is 0. The van der Waals surface area contributed by atoms with E-state index in [1.807, 2.05) is 54.7 Å². The number of para-hydroxylation sites is 1. The highest BCUT2D eigenvalue weighted by Gasteiger charge is 2.01. The van der Waals surface area contributed by atoms with Crippen molar-refractivity contribution in [1.29, 1.82) is 0 Å². The summed E-state index contributed by atoms with van der Waals surface area (Å²) in [4.78, 5) is 4.35. The maximum Gasteiger partial charge on any atom is 0.0722 e. The number of rotatable bonds is 3. The predicted octanol–water partition coefficient (Wildman–Crippen LogP) is 3.44. The molecule has 3 heteroatoms. The van der Waals surface area contributed by atoms with Crippen LogP contribution in [0.4, 0.5) is 11.4 Å². The summed E-state index contributed by atoms with van der Waals surface area (Å²) in [6.07, 6.45) is 1.82. The van der Waals surface area contributed by atoms with Crippen LogP contribution in [0.25, 0.3) is 10.9 Å². The summed E-state index contributed by atoms with van der Waals surface area (Å²) in [5, 5.41) is 4.54. The van der Waals surface area contributed by atoms with E-state index >= 15 is 0 Å². The van der Waals surface area contributed by atoms with Crippen molar-refractivity contribution in [2.45, 2.75) is 6.54 Å². The van der Waals surface area contributed by atoms with Gasteiger partial charge in [-0.15, -0.1) is 0 Å². The van der Waals surface area contributed by atoms with E-state index in [2.05, 4.69) is 16.4 Å². The molecule has 0 aliphatic carbocycles. The second-order valence-corrected chi connectivity index (χ2v) is 4.40. The van der Waals surface area contributed by atoms with Crippen molar-refractivity contribution in [3.05, 3.63) is 66.4 Å². The Bertz CT molecular complexity index is 684. The second-order valence-electron chi connectivity index (χ2n) is 4.40. The van der Waals surface area contributed by atoms with Gasteiger partial charge in [0, 0.05) is 29.5 Å². The lowest BCUT2D eigenvalue weighted by Crippen LogP contribution is -1.97. The highest BCUT2D eigenvalue weighted by Crippen LogP contribution is 2.24. The zero-order valence-corrected chi connectivity index (χ0v) is 10.5. The zero-order chi connectivity index (χ0) is 13.1.